The largest absolute Gasteiger partial charge is 0.481 e. The molecule has 0 spiro atoms. The Morgan fingerprint density at radius 1 is 0.514 bits per heavy atom. The molecular formula is C42H71N13O17. The number of nitrogens with one attached hydrogen (secondary N) is 8. The molecule has 0 aliphatic carbocycles. The van der Waals surface area contributed by atoms with Crippen molar-refractivity contribution in [2.24, 2.45) is 39.8 Å². The second-order valence-corrected chi connectivity index (χ2v) is 17.2. The highest BCUT2D eigenvalue weighted by Crippen LogP contribution is 2.12. The standard InChI is InChI=1S/C42H71N13O17/c1-6-20(4)33(40(70)48-18-29(57)49-27(17-32(62)63)39(69)53-25(41(71)72)11-14-31(60)61)55-37(67)22(8-7-15-47-42(45)46)51-38(68)26(16-19(2)3)54-36(66)24(10-13-30(58)59)52-35(65)23(9-12-28(44)56)50-34(64)21(5)43/h19-27,33H,6-18,43H2,1-5H3,(H2,44,56)(H,48,70)(H,49,57)(H,50,64)(H,51,68)(H,52,65)(H,53,69)(H,54,66)(H,55,67)(H,58,59)(H,60,61)(H,62,63)(H,71,72)(H4,45,46,47)/t20-,21-,22-,23-,24-,25-,26-,27-,33-/m0/s1. The van der Waals surface area contributed by atoms with Crippen LogP contribution in [0.3, 0.4) is 0 Å². The van der Waals surface area contributed by atoms with E-state index in [1.54, 1.807) is 27.7 Å². The summed E-state index contributed by atoms with van der Waals surface area (Å²) in [5.74, 6) is -16.1. The van der Waals surface area contributed by atoms with Crippen LogP contribution in [0.25, 0.3) is 0 Å². The molecule has 406 valence electrons. The van der Waals surface area contributed by atoms with Crippen LogP contribution in [-0.4, -0.2) is 165 Å². The molecule has 0 aromatic rings. The average molecular weight is 1030 g/mol. The number of carbonyl (C=O) groups excluding carboxylic acids is 9. The zero-order valence-corrected chi connectivity index (χ0v) is 40.8. The maximum Gasteiger partial charge on any atom is 0.326 e. The van der Waals surface area contributed by atoms with Crippen molar-refractivity contribution in [3.63, 3.8) is 0 Å². The number of aliphatic carboxylic acids is 4. The smallest absolute Gasteiger partial charge is 0.326 e. The average Bonchev–Trinajstić information content (AvgIpc) is 3.27. The fourth-order valence-electron chi connectivity index (χ4n) is 6.35. The molecule has 0 aliphatic rings. The summed E-state index contributed by atoms with van der Waals surface area (Å²) in [5.41, 5.74) is 21.7. The summed E-state index contributed by atoms with van der Waals surface area (Å²) in [6.07, 6.45) is -4.07. The molecule has 0 saturated heterocycles. The van der Waals surface area contributed by atoms with E-state index in [0.717, 1.165) is 0 Å². The molecule has 9 atom stereocenters. The number of nitrogens with two attached hydrogens (primary N) is 4. The van der Waals surface area contributed by atoms with Gasteiger partial charge in [0.25, 0.3) is 0 Å². The van der Waals surface area contributed by atoms with E-state index in [9.17, 15) is 77.6 Å². The topological polar surface area (TPSA) is 516 Å². The predicted octanol–water partition coefficient (Wildman–Crippen LogP) is -5.46. The van der Waals surface area contributed by atoms with Gasteiger partial charge in [-0.1, -0.05) is 34.1 Å². The predicted molar refractivity (Wildman–Crippen MR) is 251 cm³/mol. The molecule has 0 rings (SSSR count). The minimum atomic E-state index is -1.88. The highest BCUT2D eigenvalue weighted by atomic mass is 16.4. The second-order valence-electron chi connectivity index (χ2n) is 17.2. The maximum absolute atomic E-state index is 14.1. The molecule has 0 aromatic heterocycles. The second kappa shape index (κ2) is 33.0. The van der Waals surface area contributed by atoms with Crippen LogP contribution in [0.4, 0.5) is 0 Å². The van der Waals surface area contributed by atoms with Crippen molar-refractivity contribution in [1.82, 2.24) is 42.5 Å². The van der Waals surface area contributed by atoms with Gasteiger partial charge in [0.1, 0.15) is 42.3 Å². The van der Waals surface area contributed by atoms with E-state index < -0.39 is 170 Å². The molecule has 0 heterocycles. The van der Waals surface area contributed by atoms with Gasteiger partial charge in [-0.05, 0) is 57.3 Å². The number of carboxylic acids is 4. The van der Waals surface area contributed by atoms with Crippen LogP contribution < -0.4 is 65.5 Å². The number of hydrogen-bond donors (Lipinski definition) is 16. The van der Waals surface area contributed by atoms with Crippen molar-refractivity contribution in [3.05, 3.63) is 0 Å². The van der Waals surface area contributed by atoms with E-state index in [1.807, 2.05) is 5.32 Å². The molecule has 0 bridgehead atoms. The minimum absolute atomic E-state index is 0.0330. The first kappa shape index (κ1) is 64.3. The fourth-order valence-corrected chi connectivity index (χ4v) is 6.35. The third-order valence-corrected chi connectivity index (χ3v) is 10.4. The normalized spacial score (nSPS) is 14.6. The summed E-state index contributed by atoms with van der Waals surface area (Å²) >= 11 is 0. The van der Waals surface area contributed by atoms with Crippen molar-refractivity contribution in [3.8, 4) is 0 Å². The highest BCUT2D eigenvalue weighted by Gasteiger charge is 2.35. The van der Waals surface area contributed by atoms with Crippen molar-refractivity contribution in [2.75, 3.05) is 13.1 Å². The first-order chi connectivity index (χ1) is 33.5. The highest BCUT2D eigenvalue weighted by molar-refractivity contribution is 5.98. The quantitative estimate of drug-likeness (QED) is 0.0158. The Labute approximate surface area is 414 Å². The number of guanidine groups is 1. The van der Waals surface area contributed by atoms with E-state index in [2.05, 4.69) is 42.2 Å². The van der Waals surface area contributed by atoms with Gasteiger partial charge in [0, 0.05) is 25.8 Å². The Balaban J connectivity index is 6.59. The van der Waals surface area contributed by atoms with E-state index in [-0.39, 0.29) is 56.9 Å². The maximum atomic E-state index is 14.1. The Morgan fingerprint density at radius 2 is 0.958 bits per heavy atom. The van der Waals surface area contributed by atoms with E-state index in [0.29, 0.717) is 0 Å². The van der Waals surface area contributed by atoms with Crippen LogP contribution >= 0.6 is 0 Å². The van der Waals surface area contributed by atoms with E-state index in [4.69, 9.17) is 28.0 Å². The lowest BCUT2D eigenvalue weighted by Crippen LogP contribution is -2.60. The lowest BCUT2D eigenvalue weighted by atomic mass is 9.97. The monoisotopic (exact) mass is 1030 g/mol. The molecule has 0 saturated carbocycles. The SMILES string of the molecule is CC[C@H](C)[C@H](NC(=O)[C@H](CCCN=C(N)N)NC(=O)[C@H](CC(C)C)NC(=O)[C@H](CCC(=O)O)NC(=O)[C@H](CCC(N)=O)NC(=O)[C@H](C)N)C(=O)NCC(=O)N[C@@H](CC(=O)O)C(=O)N[C@@H](CCC(=O)O)C(=O)O. The third kappa shape index (κ3) is 26.9. The van der Waals surface area contributed by atoms with Gasteiger partial charge < -0.3 is 85.9 Å². The zero-order valence-electron chi connectivity index (χ0n) is 40.8. The molecule has 30 heteroatoms. The number of amides is 9. The Bertz CT molecular complexity index is 1980. The minimum Gasteiger partial charge on any atom is -0.481 e. The van der Waals surface area contributed by atoms with E-state index >= 15 is 0 Å². The number of carboxylic acid groups (broad SMARTS) is 4. The lowest BCUT2D eigenvalue weighted by molar-refractivity contribution is -0.144. The van der Waals surface area contributed by atoms with Gasteiger partial charge in [-0.2, -0.15) is 0 Å². The number of carbonyl (C=O) groups is 13. The molecule has 0 unspecified atom stereocenters. The van der Waals surface area contributed by atoms with E-state index in [1.165, 1.54) is 6.92 Å². The summed E-state index contributed by atoms with van der Waals surface area (Å²) in [6, 6.07) is -12.1. The van der Waals surface area contributed by atoms with Crippen LogP contribution in [0.5, 0.6) is 0 Å². The third-order valence-electron chi connectivity index (χ3n) is 10.4. The first-order valence-corrected chi connectivity index (χ1v) is 22.9. The molecule has 0 radical (unpaired) electrons. The van der Waals surface area contributed by atoms with Gasteiger partial charge in [0.15, 0.2) is 5.96 Å². The zero-order chi connectivity index (χ0) is 55.4. The van der Waals surface area contributed by atoms with Crippen LogP contribution in [0.15, 0.2) is 4.99 Å². The molecule has 0 aromatic carbocycles. The molecule has 9 amide bonds. The van der Waals surface area contributed by atoms with Crippen LogP contribution in [0.1, 0.15) is 105 Å². The number of aliphatic imine (C=N–C) groups is 1. The van der Waals surface area contributed by atoms with Crippen molar-refractivity contribution >= 4 is 83.0 Å². The summed E-state index contributed by atoms with van der Waals surface area (Å²) in [7, 11) is 0. The van der Waals surface area contributed by atoms with Crippen molar-refractivity contribution in [1.29, 1.82) is 0 Å². The summed E-state index contributed by atoms with van der Waals surface area (Å²) < 4.78 is 0. The number of hydrogen-bond acceptors (Lipinski definition) is 15. The van der Waals surface area contributed by atoms with Gasteiger partial charge >= 0.3 is 23.9 Å². The molecule has 0 fully saturated rings. The van der Waals surface area contributed by atoms with Crippen LogP contribution in [-0.2, 0) is 62.3 Å². The molecular weight excluding hydrogens is 959 g/mol. The molecule has 20 N–H and O–H groups in total. The van der Waals surface area contributed by atoms with Gasteiger partial charge in [-0.3, -0.25) is 62.5 Å². The number of primary amides is 1. The van der Waals surface area contributed by atoms with Crippen molar-refractivity contribution in [2.45, 2.75) is 154 Å². The van der Waals surface area contributed by atoms with Gasteiger partial charge in [-0.15, -0.1) is 0 Å². The van der Waals surface area contributed by atoms with Gasteiger partial charge in [0.2, 0.25) is 53.2 Å². The molecule has 0 aliphatic heterocycles. The molecule has 72 heavy (non-hydrogen) atoms. The molecule has 30 nitrogen and oxygen atoms in total. The summed E-state index contributed by atoms with van der Waals surface area (Å²) in [4.78, 5) is 168. The fraction of sp³-hybridized carbons (Fsp3) is 0.667. The van der Waals surface area contributed by atoms with Crippen molar-refractivity contribution < 1.29 is 82.8 Å². The first-order valence-electron chi connectivity index (χ1n) is 22.9. The Morgan fingerprint density at radius 3 is 1.42 bits per heavy atom. The number of rotatable bonds is 36. The van der Waals surface area contributed by atoms with Gasteiger partial charge in [-0.25, -0.2) is 4.79 Å². The summed E-state index contributed by atoms with van der Waals surface area (Å²) in [6.45, 7) is 7.00. The van der Waals surface area contributed by atoms with Crippen LogP contribution in [0.2, 0.25) is 0 Å². The Kier molecular flexibility index (Phi) is 29.5. The summed E-state index contributed by atoms with van der Waals surface area (Å²) in [5, 5.41) is 55.6. The van der Waals surface area contributed by atoms with Crippen LogP contribution in [0, 0.1) is 11.8 Å². The van der Waals surface area contributed by atoms with Gasteiger partial charge in [0.05, 0.1) is 19.0 Å². The Hall–Kier alpha value is -7.66. The number of nitrogens with zero attached hydrogens (tertiary/aromatic N) is 1. The lowest BCUT2D eigenvalue weighted by Gasteiger charge is -2.29.